The number of likely N-dealkylation sites (N-methyl/N-ethyl adjacent to an activating group) is 1. The van der Waals surface area contributed by atoms with E-state index in [9.17, 15) is 27.9 Å². The molecule has 0 unspecified atom stereocenters. The Hall–Kier alpha value is -4.01. The van der Waals surface area contributed by atoms with E-state index in [0.29, 0.717) is 18.2 Å². The lowest BCUT2D eigenvalue weighted by Gasteiger charge is -2.22. The third-order valence-corrected chi connectivity index (χ3v) is 5.56. The van der Waals surface area contributed by atoms with E-state index in [0.717, 1.165) is 22.8 Å². The van der Waals surface area contributed by atoms with Crippen LogP contribution in [0.4, 0.5) is 13.2 Å². The highest BCUT2D eigenvalue weighted by molar-refractivity contribution is 5.95. The molecule has 0 aliphatic heterocycles. The summed E-state index contributed by atoms with van der Waals surface area (Å²) in [5.74, 6) is -1.85. The lowest BCUT2D eigenvalue weighted by Crippen LogP contribution is -2.25. The van der Waals surface area contributed by atoms with Crippen LogP contribution in [0.15, 0.2) is 60.7 Å². The average Bonchev–Trinajstić information content (AvgIpc) is 2.81. The maximum Gasteiger partial charge on any atom is 0.419 e. The van der Waals surface area contributed by atoms with E-state index in [2.05, 4.69) is 0 Å². The van der Waals surface area contributed by atoms with Crippen molar-refractivity contribution < 1.29 is 37.3 Å². The molecule has 0 aliphatic carbocycles. The fourth-order valence-corrected chi connectivity index (χ4v) is 3.59. The van der Waals surface area contributed by atoms with Gasteiger partial charge in [0.25, 0.3) is 0 Å². The van der Waals surface area contributed by atoms with E-state index >= 15 is 0 Å². The summed E-state index contributed by atoms with van der Waals surface area (Å²) in [7, 11) is 3.41. The van der Waals surface area contributed by atoms with Gasteiger partial charge < -0.3 is 19.5 Å². The van der Waals surface area contributed by atoms with Crippen LogP contribution in [0.1, 0.15) is 47.8 Å². The summed E-state index contributed by atoms with van der Waals surface area (Å²) in [4.78, 5) is 26.1. The molecule has 0 bridgehead atoms. The molecule has 3 aromatic carbocycles. The molecular formula is C29H30F3NO5. The standard InChI is InChI=1S/C29H30F3NO5/c1-28(2,3)38-27(36)25-21(12-15-23(26(25)35)29(30,31)32)17-37-22-13-10-20(11-14-22)19-8-6-18(7-9-19)16-24(34)33(4)5/h6-15,35H,16-17H2,1-5H3. The number of carbonyl (C=O) groups excluding carboxylic acids is 2. The minimum absolute atomic E-state index is 0.00967. The van der Waals surface area contributed by atoms with Crippen molar-refractivity contribution in [3.05, 3.63) is 82.9 Å². The second-order valence-electron chi connectivity index (χ2n) is 9.97. The fraction of sp³-hybridized carbons (Fsp3) is 0.310. The number of aromatic hydroxyl groups is 1. The van der Waals surface area contributed by atoms with Gasteiger partial charge in [-0.15, -0.1) is 0 Å². The van der Waals surface area contributed by atoms with E-state index in [-0.39, 0.29) is 18.1 Å². The molecule has 0 saturated heterocycles. The molecule has 0 saturated carbocycles. The van der Waals surface area contributed by atoms with Crippen LogP contribution in [0.3, 0.4) is 0 Å². The van der Waals surface area contributed by atoms with Crippen LogP contribution in [0.5, 0.6) is 11.5 Å². The van der Waals surface area contributed by atoms with E-state index in [4.69, 9.17) is 9.47 Å². The molecule has 0 fully saturated rings. The molecule has 6 nitrogen and oxygen atoms in total. The van der Waals surface area contributed by atoms with E-state index in [1.54, 1.807) is 47.0 Å². The summed E-state index contributed by atoms with van der Waals surface area (Å²) < 4.78 is 51.0. The molecule has 0 heterocycles. The van der Waals surface area contributed by atoms with Crippen LogP contribution in [-0.4, -0.2) is 41.6 Å². The van der Waals surface area contributed by atoms with Gasteiger partial charge in [-0.1, -0.05) is 42.5 Å². The van der Waals surface area contributed by atoms with Crippen LogP contribution in [-0.2, 0) is 28.7 Å². The van der Waals surface area contributed by atoms with Gasteiger partial charge in [0.15, 0.2) is 0 Å². The van der Waals surface area contributed by atoms with E-state index < -0.39 is 34.6 Å². The predicted molar refractivity (Wildman–Crippen MR) is 137 cm³/mol. The number of halogens is 3. The first-order valence-corrected chi connectivity index (χ1v) is 11.8. The molecule has 0 aromatic heterocycles. The highest BCUT2D eigenvalue weighted by atomic mass is 19.4. The van der Waals surface area contributed by atoms with Crippen LogP contribution >= 0.6 is 0 Å². The zero-order chi connectivity index (χ0) is 28.3. The zero-order valence-corrected chi connectivity index (χ0v) is 21.8. The van der Waals surface area contributed by atoms with Crippen molar-refractivity contribution >= 4 is 11.9 Å². The molecule has 1 amide bonds. The van der Waals surface area contributed by atoms with E-state index in [1.165, 1.54) is 4.90 Å². The van der Waals surface area contributed by atoms with Gasteiger partial charge in [-0.05, 0) is 55.7 Å². The number of phenolic OH excluding ortho intramolecular Hbond substituents is 1. The van der Waals surface area contributed by atoms with Crippen molar-refractivity contribution in [1.29, 1.82) is 0 Å². The summed E-state index contributed by atoms with van der Waals surface area (Å²) in [6.07, 6.45) is -4.54. The number of esters is 1. The monoisotopic (exact) mass is 529 g/mol. The lowest BCUT2D eigenvalue weighted by atomic mass is 10.0. The highest BCUT2D eigenvalue weighted by Gasteiger charge is 2.37. The normalized spacial score (nSPS) is 11.7. The summed E-state index contributed by atoms with van der Waals surface area (Å²) in [6, 6.07) is 16.4. The van der Waals surface area contributed by atoms with Crippen LogP contribution in [0.2, 0.25) is 0 Å². The maximum absolute atomic E-state index is 13.3. The van der Waals surface area contributed by atoms with E-state index in [1.807, 2.05) is 36.4 Å². The molecule has 3 rings (SSSR count). The number of alkyl halides is 3. The van der Waals surface area contributed by atoms with Gasteiger partial charge in [-0.25, -0.2) is 4.79 Å². The number of rotatable bonds is 7. The first-order valence-electron chi connectivity index (χ1n) is 11.8. The molecule has 0 spiro atoms. The zero-order valence-electron chi connectivity index (χ0n) is 21.8. The predicted octanol–water partition coefficient (Wildman–Crippen LogP) is 6.24. The van der Waals surface area contributed by atoms with Gasteiger partial charge in [0, 0.05) is 19.7 Å². The molecule has 1 N–H and O–H groups in total. The summed E-state index contributed by atoms with van der Waals surface area (Å²) >= 11 is 0. The Balaban J connectivity index is 1.78. The number of phenols is 1. The Labute approximate surface area is 219 Å². The first-order chi connectivity index (χ1) is 17.7. The minimum Gasteiger partial charge on any atom is -0.506 e. The lowest BCUT2D eigenvalue weighted by molar-refractivity contribution is -0.138. The Morgan fingerprint density at radius 3 is 1.92 bits per heavy atom. The first kappa shape index (κ1) is 28.6. The van der Waals surface area contributed by atoms with Gasteiger partial charge in [0.1, 0.15) is 29.3 Å². The van der Waals surface area contributed by atoms with Crippen molar-refractivity contribution in [3.8, 4) is 22.6 Å². The maximum atomic E-state index is 13.3. The Kier molecular flexibility index (Phi) is 8.39. The number of hydrogen-bond acceptors (Lipinski definition) is 5. The second-order valence-corrected chi connectivity index (χ2v) is 9.97. The second kappa shape index (κ2) is 11.2. The molecule has 0 aliphatic rings. The van der Waals surface area contributed by atoms with Crippen molar-refractivity contribution in [2.24, 2.45) is 0 Å². The van der Waals surface area contributed by atoms with Crippen molar-refractivity contribution in [1.82, 2.24) is 4.90 Å². The number of ether oxygens (including phenoxy) is 2. The van der Waals surface area contributed by atoms with Gasteiger partial charge in [0.05, 0.1) is 12.0 Å². The minimum atomic E-state index is -4.85. The summed E-state index contributed by atoms with van der Waals surface area (Å²) in [6.45, 7) is 4.45. The number of hydrogen-bond donors (Lipinski definition) is 1. The quantitative estimate of drug-likeness (QED) is 0.367. The van der Waals surface area contributed by atoms with Gasteiger partial charge in [-0.2, -0.15) is 13.2 Å². The molecule has 38 heavy (non-hydrogen) atoms. The number of benzene rings is 3. The smallest absolute Gasteiger partial charge is 0.419 e. The summed E-state index contributed by atoms with van der Waals surface area (Å²) in [5.41, 5.74) is -0.124. The third-order valence-electron chi connectivity index (χ3n) is 5.56. The molecule has 0 radical (unpaired) electrons. The van der Waals surface area contributed by atoms with Crippen LogP contribution in [0.25, 0.3) is 11.1 Å². The SMILES string of the molecule is CN(C)C(=O)Cc1ccc(-c2ccc(OCc3ccc(C(F)(F)F)c(O)c3C(=O)OC(C)(C)C)cc2)cc1. The van der Waals surface area contributed by atoms with Crippen molar-refractivity contribution in [2.45, 2.75) is 45.6 Å². The molecular weight excluding hydrogens is 499 g/mol. The van der Waals surface area contributed by atoms with Crippen LogP contribution < -0.4 is 4.74 Å². The van der Waals surface area contributed by atoms with Crippen molar-refractivity contribution in [3.63, 3.8) is 0 Å². The molecule has 9 heteroatoms. The fourth-order valence-electron chi connectivity index (χ4n) is 3.59. The molecule has 3 aromatic rings. The average molecular weight is 530 g/mol. The molecule has 0 atom stereocenters. The Morgan fingerprint density at radius 2 is 1.42 bits per heavy atom. The number of nitrogens with zero attached hydrogens (tertiary/aromatic N) is 1. The van der Waals surface area contributed by atoms with Crippen LogP contribution in [0, 0.1) is 0 Å². The number of carbonyl (C=O) groups is 2. The van der Waals surface area contributed by atoms with Gasteiger partial charge in [-0.3, -0.25) is 4.79 Å². The molecule has 202 valence electrons. The number of amides is 1. The van der Waals surface area contributed by atoms with Gasteiger partial charge >= 0.3 is 12.1 Å². The Bertz CT molecular complexity index is 1290. The summed E-state index contributed by atoms with van der Waals surface area (Å²) in [5, 5.41) is 10.3. The topological polar surface area (TPSA) is 76.1 Å². The third kappa shape index (κ3) is 7.27. The van der Waals surface area contributed by atoms with Gasteiger partial charge in [0.2, 0.25) is 5.91 Å². The van der Waals surface area contributed by atoms with Crippen molar-refractivity contribution in [2.75, 3.05) is 14.1 Å². The Morgan fingerprint density at radius 1 is 0.868 bits per heavy atom. The highest BCUT2D eigenvalue weighted by Crippen LogP contribution is 2.39. The largest absolute Gasteiger partial charge is 0.506 e.